The second-order valence-electron chi connectivity index (χ2n) is 6.94. The number of thiophene rings is 1. The van der Waals surface area contributed by atoms with Gasteiger partial charge in [0.05, 0.1) is 4.88 Å². The topological polar surface area (TPSA) is 46.1 Å². The van der Waals surface area contributed by atoms with Crippen LogP contribution in [-0.4, -0.2) is 33.4 Å². The Morgan fingerprint density at radius 1 is 1.17 bits per heavy atom. The van der Waals surface area contributed by atoms with E-state index in [4.69, 9.17) is 0 Å². The number of nitrogens with zero attached hydrogens (tertiary/aromatic N) is 3. The SMILES string of the molecule is Cc1nc(C)c2c(C)c(C(=O)N3C[C@H](C)CCC[C@@H]3C)sc2n1. The predicted octanol–water partition coefficient (Wildman–Crippen LogP) is 4.27. The smallest absolute Gasteiger partial charge is 0.264 e. The Morgan fingerprint density at radius 2 is 1.91 bits per heavy atom. The van der Waals surface area contributed by atoms with Crippen molar-refractivity contribution in [3.8, 4) is 0 Å². The van der Waals surface area contributed by atoms with Crippen LogP contribution >= 0.6 is 11.3 Å². The van der Waals surface area contributed by atoms with Crippen LogP contribution in [0.1, 0.15) is 59.9 Å². The van der Waals surface area contributed by atoms with E-state index in [0.29, 0.717) is 12.0 Å². The lowest BCUT2D eigenvalue weighted by Crippen LogP contribution is -2.39. The molecule has 1 aliphatic rings. The van der Waals surface area contributed by atoms with Crippen molar-refractivity contribution in [1.82, 2.24) is 14.9 Å². The lowest BCUT2D eigenvalue weighted by atomic mass is 10.1. The van der Waals surface area contributed by atoms with Crippen molar-refractivity contribution in [2.75, 3.05) is 6.54 Å². The molecule has 1 saturated heterocycles. The minimum atomic E-state index is 0.170. The van der Waals surface area contributed by atoms with E-state index in [1.165, 1.54) is 24.2 Å². The number of aryl methyl sites for hydroxylation is 3. The fourth-order valence-corrected chi connectivity index (χ4v) is 4.85. The summed E-state index contributed by atoms with van der Waals surface area (Å²) in [5.74, 6) is 1.51. The molecule has 2 aromatic rings. The number of rotatable bonds is 1. The highest BCUT2D eigenvalue weighted by molar-refractivity contribution is 7.20. The first-order valence-corrected chi connectivity index (χ1v) is 9.25. The van der Waals surface area contributed by atoms with E-state index in [2.05, 4.69) is 28.7 Å². The molecule has 124 valence electrons. The Morgan fingerprint density at radius 3 is 2.65 bits per heavy atom. The van der Waals surface area contributed by atoms with Crippen LogP contribution in [0.3, 0.4) is 0 Å². The summed E-state index contributed by atoms with van der Waals surface area (Å²) < 4.78 is 0. The third-order valence-corrected chi connectivity index (χ3v) is 6.07. The second kappa shape index (κ2) is 6.19. The molecule has 2 atom stereocenters. The summed E-state index contributed by atoms with van der Waals surface area (Å²) in [6.45, 7) is 11.2. The van der Waals surface area contributed by atoms with Gasteiger partial charge in [-0.25, -0.2) is 9.97 Å². The molecule has 2 aromatic heterocycles. The Labute approximate surface area is 141 Å². The Bertz CT molecular complexity index is 752. The van der Waals surface area contributed by atoms with E-state index in [0.717, 1.165) is 45.1 Å². The lowest BCUT2D eigenvalue weighted by Gasteiger charge is -2.28. The molecule has 3 heterocycles. The zero-order valence-corrected chi connectivity index (χ0v) is 15.5. The van der Waals surface area contributed by atoms with Gasteiger partial charge in [0.15, 0.2) is 0 Å². The van der Waals surface area contributed by atoms with Gasteiger partial charge in [0.2, 0.25) is 0 Å². The summed E-state index contributed by atoms with van der Waals surface area (Å²) in [5.41, 5.74) is 2.01. The predicted molar refractivity (Wildman–Crippen MR) is 95.1 cm³/mol. The highest BCUT2D eigenvalue weighted by Crippen LogP contribution is 2.33. The summed E-state index contributed by atoms with van der Waals surface area (Å²) in [5, 5.41) is 1.06. The van der Waals surface area contributed by atoms with Gasteiger partial charge in [-0.15, -0.1) is 11.3 Å². The van der Waals surface area contributed by atoms with Crippen LogP contribution in [0.4, 0.5) is 0 Å². The van der Waals surface area contributed by atoms with Crippen molar-refractivity contribution < 1.29 is 4.79 Å². The summed E-state index contributed by atoms with van der Waals surface area (Å²) >= 11 is 1.52. The first-order chi connectivity index (χ1) is 10.9. The number of carbonyl (C=O) groups is 1. The Kier molecular flexibility index (Phi) is 4.41. The maximum atomic E-state index is 13.2. The van der Waals surface area contributed by atoms with Crippen LogP contribution in [0, 0.1) is 26.7 Å². The molecule has 1 fully saturated rings. The number of hydrogen-bond donors (Lipinski definition) is 0. The number of carbonyl (C=O) groups excluding carboxylic acids is 1. The molecule has 4 nitrogen and oxygen atoms in total. The van der Waals surface area contributed by atoms with Gasteiger partial charge in [0.1, 0.15) is 10.7 Å². The van der Waals surface area contributed by atoms with Gasteiger partial charge in [-0.2, -0.15) is 0 Å². The summed E-state index contributed by atoms with van der Waals surface area (Å²) in [6.07, 6.45) is 3.52. The standard InChI is InChI=1S/C18H25N3OS/c1-10-7-6-8-11(2)21(9-10)18(22)16-12(3)15-13(4)19-14(5)20-17(15)23-16/h10-11H,6-9H2,1-5H3/t10-,11+/m1/s1. The maximum absolute atomic E-state index is 13.2. The van der Waals surface area contributed by atoms with Gasteiger partial charge in [-0.1, -0.05) is 13.3 Å². The molecule has 0 aliphatic carbocycles. The third kappa shape index (κ3) is 2.99. The molecular weight excluding hydrogens is 306 g/mol. The van der Waals surface area contributed by atoms with Gasteiger partial charge in [-0.3, -0.25) is 4.79 Å². The molecule has 3 rings (SSSR count). The number of hydrogen-bond acceptors (Lipinski definition) is 4. The summed E-state index contributed by atoms with van der Waals surface area (Å²) in [7, 11) is 0. The zero-order valence-electron chi connectivity index (χ0n) is 14.6. The highest BCUT2D eigenvalue weighted by atomic mass is 32.1. The quantitative estimate of drug-likeness (QED) is 0.784. The number of aromatic nitrogens is 2. The van der Waals surface area contributed by atoms with Crippen LogP contribution in [0.25, 0.3) is 10.2 Å². The van der Waals surface area contributed by atoms with Crippen LogP contribution in [-0.2, 0) is 0 Å². The molecular formula is C18H25N3OS. The first-order valence-electron chi connectivity index (χ1n) is 8.43. The summed E-state index contributed by atoms with van der Waals surface area (Å²) in [4.78, 5) is 26.0. The Balaban J connectivity index is 2.03. The molecule has 23 heavy (non-hydrogen) atoms. The minimum absolute atomic E-state index is 0.170. The first kappa shape index (κ1) is 16.4. The van der Waals surface area contributed by atoms with Crippen molar-refractivity contribution >= 4 is 27.5 Å². The molecule has 0 saturated carbocycles. The average Bonchev–Trinajstić information content (AvgIpc) is 2.70. The van der Waals surface area contributed by atoms with Crippen molar-refractivity contribution in [1.29, 1.82) is 0 Å². The fraction of sp³-hybridized carbons (Fsp3) is 0.611. The molecule has 0 N–H and O–H groups in total. The third-order valence-electron chi connectivity index (χ3n) is 4.90. The maximum Gasteiger partial charge on any atom is 0.264 e. The van der Waals surface area contributed by atoms with Gasteiger partial charge in [-0.05, 0) is 52.0 Å². The minimum Gasteiger partial charge on any atom is -0.335 e. The van der Waals surface area contributed by atoms with Gasteiger partial charge in [0, 0.05) is 23.7 Å². The normalized spacial score (nSPS) is 22.4. The van der Waals surface area contributed by atoms with Crippen LogP contribution < -0.4 is 0 Å². The molecule has 0 unspecified atom stereocenters. The number of likely N-dealkylation sites (tertiary alicyclic amines) is 1. The summed E-state index contributed by atoms with van der Waals surface area (Å²) in [6, 6.07) is 0.311. The van der Waals surface area contributed by atoms with Crippen LogP contribution in [0.5, 0.6) is 0 Å². The van der Waals surface area contributed by atoms with Gasteiger partial charge < -0.3 is 4.90 Å². The van der Waals surface area contributed by atoms with Gasteiger partial charge >= 0.3 is 0 Å². The number of amides is 1. The van der Waals surface area contributed by atoms with E-state index in [-0.39, 0.29) is 5.91 Å². The molecule has 0 spiro atoms. The molecule has 1 aliphatic heterocycles. The second-order valence-corrected chi connectivity index (χ2v) is 7.93. The van der Waals surface area contributed by atoms with Crippen molar-refractivity contribution in [2.45, 2.75) is 59.9 Å². The molecule has 1 amide bonds. The monoisotopic (exact) mass is 331 g/mol. The van der Waals surface area contributed by atoms with Crippen LogP contribution in [0.2, 0.25) is 0 Å². The molecule has 0 radical (unpaired) electrons. The van der Waals surface area contributed by atoms with Crippen molar-refractivity contribution in [2.24, 2.45) is 5.92 Å². The Hall–Kier alpha value is -1.49. The fourth-order valence-electron chi connectivity index (χ4n) is 3.62. The van der Waals surface area contributed by atoms with Gasteiger partial charge in [0.25, 0.3) is 5.91 Å². The van der Waals surface area contributed by atoms with E-state index in [9.17, 15) is 4.79 Å². The van der Waals surface area contributed by atoms with Crippen molar-refractivity contribution in [3.63, 3.8) is 0 Å². The number of fused-ring (bicyclic) bond motifs is 1. The molecule has 0 bridgehead atoms. The van der Waals surface area contributed by atoms with E-state index < -0.39 is 0 Å². The zero-order chi connectivity index (χ0) is 16.7. The highest BCUT2D eigenvalue weighted by Gasteiger charge is 2.29. The van der Waals surface area contributed by atoms with E-state index >= 15 is 0 Å². The molecule has 0 aromatic carbocycles. The van der Waals surface area contributed by atoms with E-state index in [1.54, 1.807) is 0 Å². The molecule has 5 heteroatoms. The average molecular weight is 331 g/mol. The van der Waals surface area contributed by atoms with Crippen molar-refractivity contribution in [3.05, 3.63) is 22.0 Å². The van der Waals surface area contributed by atoms with Crippen LogP contribution in [0.15, 0.2) is 0 Å². The largest absolute Gasteiger partial charge is 0.335 e. The lowest BCUT2D eigenvalue weighted by molar-refractivity contribution is 0.0682. The van der Waals surface area contributed by atoms with E-state index in [1.807, 2.05) is 20.8 Å².